The molecule has 10 heteroatoms. The van der Waals surface area contributed by atoms with Gasteiger partial charge >= 0.3 is 7.82 Å². The lowest BCUT2D eigenvalue weighted by molar-refractivity contribution is -0.0223. The Bertz CT molecular complexity index is 603. The number of carbonyl (C=O) groups excluding carboxylic acids is 1. The van der Waals surface area contributed by atoms with Crippen LogP contribution in [0.1, 0.15) is 22.0 Å². The van der Waals surface area contributed by atoms with Crippen molar-refractivity contribution in [1.29, 1.82) is 0 Å². The summed E-state index contributed by atoms with van der Waals surface area (Å²) in [6.45, 7) is -0.589. The third kappa shape index (κ3) is 3.90. The Balaban J connectivity index is 2.14. The van der Waals surface area contributed by atoms with Crippen LogP contribution in [0.3, 0.4) is 0 Å². The largest absolute Gasteiger partial charge is 0.469 e. The normalized spacial score (nSPS) is 28.7. The zero-order valence-electron chi connectivity index (χ0n) is 11.3. The maximum Gasteiger partial charge on any atom is 0.469 e. The average molecular weight is 333 g/mol. The van der Waals surface area contributed by atoms with Crippen LogP contribution in [0.5, 0.6) is 0 Å². The molecule has 0 spiro atoms. The van der Waals surface area contributed by atoms with Gasteiger partial charge in [0.15, 0.2) is 0 Å². The Morgan fingerprint density at radius 1 is 1.32 bits per heavy atom. The highest BCUT2D eigenvalue weighted by Crippen LogP contribution is 2.39. The molecule has 1 aliphatic rings. The van der Waals surface area contributed by atoms with Crippen LogP contribution in [0.25, 0.3) is 0 Å². The van der Waals surface area contributed by atoms with E-state index in [9.17, 15) is 19.6 Å². The number of hydrogen-bond acceptors (Lipinski definition) is 6. The highest BCUT2D eigenvalue weighted by atomic mass is 31.2. The van der Waals surface area contributed by atoms with Gasteiger partial charge in [-0.05, 0) is 17.7 Å². The molecule has 1 aromatic rings. The lowest BCUT2D eigenvalue weighted by Gasteiger charge is -2.15. The van der Waals surface area contributed by atoms with Gasteiger partial charge in [0.1, 0.15) is 24.4 Å². The number of phosphoric ester groups is 1. The zero-order chi connectivity index (χ0) is 16.5. The minimum absolute atomic E-state index is 0.206. The van der Waals surface area contributed by atoms with Crippen LogP contribution in [-0.2, 0) is 13.8 Å². The predicted octanol–water partition coefficient (Wildman–Crippen LogP) is -0.944. The Morgan fingerprint density at radius 3 is 2.59 bits per heavy atom. The van der Waals surface area contributed by atoms with E-state index in [4.69, 9.17) is 20.3 Å². The fourth-order valence-electron chi connectivity index (χ4n) is 2.20. The molecule has 22 heavy (non-hydrogen) atoms. The molecule has 1 fully saturated rings. The third-order valence-corrected chi connectivity index (χ3v) is 3.75. The molecule has 2 rings (SSSR count). The SMILES string of the molecule is NC(=O)c1cccc([C@H]2O[C@@H](COP(=O)(O)O)[C@@H](O)[C@H]2O)c1. The van der Waals surface area contributed by atoms with Crippen molar-refractivity contribution in [2.24, 2.45) is 5.73 Å². The summed E-state index contributed by atoms with van der Waals surface area (Å²) >= 11 is 0. The number of aliphatic hydroxyl groups is 2. The van der Waals surface area contributed by atoms with E-state index in [1.165, 1.54) is 18.2 Å². The van der Waals surface area contributed by atoms with E-state index in [1.807, 2.05) is 0 Å². The topological polar surface area (TPSA) is 160 Å². The quantitative estimate of drug-likeness (QED) is 0.431. The maximum absolute atomic E-state index is 11.2. The lowest BCUT2D eigenvalue weighted by atomic mass is 10.00. The molecule has 0 radical (unpaired) electrons. The minimum atomic E-state index is -4.71. The first-order chi connectivity index (χ1) is 10.2. The molecule has 0 aliphatic carbocycles. The van der Waals surface area contributed by atoms with Gasteiger partial charge in [-0.2, -0.15) is 0 Å². The Morgan fingerprint density at radius 2 is 2.00 bits per heavy atom. The van der Waals surface area contributed by atoms with Gasteiger partial charge in [0.05, 0.1) is 6.61 Å². The molecule has 1 saturated heterocycles. The molecule has 122 valence electrons. The summed E-state index contributed by atoms with van der Waals surface area (Å²) in [4.78, 5) is 28.5. The molecule has 0 unspecified atom stereocenters. The van der Waals surface area contributed by atoms with E-state index < -0.39 is 44.8 Å². The summed E-state index contributed by atoms with van der Waals surface area (Å²) in [7, 11) is -4.71. The van der Waals surface area contributed by atoms with Crippen molar-refractivity contribution in [1.82, 2.24) is 0 Å². The van der Waals surface area contributed by atoms with E-state index in [2.05, 4.69) is 4.52 Å². The molecular formula is C12H16NO8P. The third-order valence-electron chi connectivity index (χ3n) is 3.27. The van der Waals surface area contributed by atoms with Gasteiger partial charge in [-0.15, -0.1) is 0 Å². The number of rotatable bonds is 5. The monoisotopic (exact) mass is 333 g/mol. The van der Waals surface area contributed by atoms with Gasteiger partial charge in [-0.25, -0.2) is 4.57 Å². The maximum atomic E-state index is 11.2. The molecule has 1 heterocycles. The number of phosphoric acid groups is 1. The standard InChI is InChI=1S/C12H16NO8P/c13-12(16)7-3-1-2-6(4-7)11-10(15)9(14)8(21-11)5-20-22(17,18)19/h1-4,8-11,14-15H,5H2,(H2,13,16)(H2,17,18,19)/t8-,9+,10+,11+/m0/s1. The number of aliphatic hydroxyl groups excluding tert-OH is 2. The van der Waals surface area contributed by atoms with Crippen LogP contribution in [0.4, 0.5) is 0 Å². The Labute approximate surface area is 125 Å². The summed E-state index contributed by atoms with van der Waals surface area (Å²) in [6.07, 6.45) is -4.83. The van der Waals surface area contributed by atoms with Crippen LogP contribution in [-0.4, -0.2) is 50.8 Å². The Kier molecular flexibility index (Phi) is 4.98. The van der Waals surface area contributed by atoms with Crippen molar-refractivity contribution in [2.75, 3.05) is 6.61 Å². The number of benzene rings is 1. The summed E-state index contributed by atoms with van der Waals surface area (Å²) in [5.41, 5.74) is 5.78. The van der Waals surface area contributed by atoms with Gasteiger partial charge in [0.25, 0.3) is 0 Å². The molecule has 0 saturated carbocycles. The number of amides is 1. The van der Waals surface area contributed by atoms with Gasteiger partial charge in [0, 0.05) is 5.56 Å². The fraction of sp³-hybridized carbons (Fsp3) is 0.417. The summed E-state index contributed by atoms with van der Waals surface area (Å²) in [5.74, 6) is -0.656. The number of primary amides is 1. The van der Waals surface area contributed by atoms with E-state index in [-0.39, 0.29) is 5.56 Å². The number of nitrogens with two attached hydrogens (primary N) is 1. The molecule has 9 nitrogen and oxygen atoms in total. The first kappa shape index (κ1) is 17.0. The van der Waals surface area contributed by atoms with Gasteiger partial charge in [-0.3, -0.25) is 9.32 Å². The van der Waals surface area contributed by atoms with Crippen LogP contribution < -0.4 is 5.73 Å². The van der Waals surface area contributed by atoms with Crippen molar-refractivity contribution in [3.63, 3.8) is 0 Å². The molecule has 1 aliphatic heterocycles. The molecule has 6 N–H and O–H groups in total. The van der Waals surface area contributed by atoms with Crippen LogP contribution >= 0.6 is 7.82 Å². The molecule has 4 atom stereocenters. The second kappa shape index (κ2) is 6.43. The van der Waals surface area contributed by atoms with E-state index in [1.54, 1.807) is 6.07 Å². The highest BCUT2D eigenvalue weighted by Gasteiger charge is 2.44. The fourth-order valence-corrected chi connectivity index (χ4v) is 2.54. The molecule has 1 amide bonds. The smallest absolute Gasteiger partial charge is 0.387 e. The second-order valence-corrected chi connectivity index (χ2v) is 6.09. The minimum Gasteiger partial charge on any atom is -0.387 e. The van der Waals surface area contributed by atoms with Crippen molar-refractivity contribution in [3.8, 4) is 0 Å². The Hall–Kier alpha value is -1.32. The second-order valence-electron chi connectivity index (χ2n) is 4.85. The average Bonchev–Trinajstić information content (AvgIpc) is 2.72. The van der Waals surface area contributed by atoms with Gasteiger partial charge in [0.2, 0.25) is 5.91 Å². The van der Waals surface area contributed by atoms with Crippen LogP contribution in [0, 0.1) is 0 Å². The number of ether oxygens (including phenoxy) is 1. The van der Waals surface area contributed by atoms with Crippen molar-refractivity contribution in [2.45, 2.75) is 24.4 Å². The van der Waals surface area contributed by atoms with Crippen molar-refractivity contribution < 1.29 is 38.6 Å². The number of hydrogen-bond donors (Lipinski definition) is 5. The first-order valence-corrected chi connectivity index (χ1v) is 7.83. The predicted molar refractivity (Wildman–Crippen MR) is 72.6 cm³/mol. The van der Waals surface area contributed by atoms with Crippen molar-refractivity contribution >= 4 is 13.7 Å². The van der Waals surface area contributed by atoms with E-state index in [0.717, 1.165) is 0 Å². The van der Waals surface area contributed by atoms with Crippen molar-refractivity contribution in [3.05, 3.63) is 35.4 Å². The summed E-state index contributed by atoms with van der Waals surface area (Å²) in [5, 5.41) is 19.9. The zero-order valence-corrected chi connectivity index (χ0v) is 12.2. The lowest BCUT2D eigenvalue weighted by Crippen LogP contribution is -2.33. The number of carbonyl (C=O) groups is 1. The molecule has 1 aromatic carbocycles. The summed E-state index contributed by atoms with van der Waals surface area (Å²) < 4.78 is 20.3. The molecule has 0 bridgehead atoms. The van der Waals surface area contributed by atoms with Gasteiger partial charge in [-0.1, -0.05) is 12.1 Å². The van der Waals surface area contributed by atoms with Crippen LogP contribution in [0.2, 0.25) is 0 Å². The molecular weight excluding hydrogens is 317 g/mol. The van der Waals surface area contributed by atoms with Gasteiger partial charge < -0.3 is 30.5 Å². The summed E-state index contributed by atoms with van der Waals surface area (Å²) in [6, 6.07) is 6.00. The molecule has 0 aromatic heterocycles. The highest BCUT2D eigenvalue weighted by molar-refractivity contribution is 7.46. The van der Waals surface area contributed by atoms with E-state index in [0.29, 0.717) is 5.56 Å². The van der Waals surface area contributed by atoms with Crippen LogP contribution in [0.15, 0.2) is 24.3 Å². The van der Waals surface area contributed by atoms with E-state index >= 15 is 0 Å². The first-order valence-electron chi connectivity index (χ1n) is 6.30.